The fourth-order valence-electron chi connectivity index (χ4n) is 6.54. The normalized spacial score (nSPS) is 15.9. The second-order valence-electron chi connectivity index (χ2n) is 11.8. The number of nitrogens with zero attached hydrogens (tertiary/aromatic N) is 2. The summed E-state index contributed by atoms with van der Waals surface area (Å²) in [6.07, 6.45) is 3.98. The van der Waals surface area contributed by atoms with E-state index in [0.717, 1.165) is 85.2 Å². The van der Waals surface area contributed by atoms with Crippen LogP contribution >= 0.6 is 63.7 Å². The molecule has 0 saturated heterocycles. The molecule has 0 amide bonds. The van der Waals surface area contributed by atoms with Crippen molar-refractivity contribution in [1.29, 1.82) is 0 Å². The minimum absolute atomic E-state index is 0.443. The van der Waals surface area contributed by atoms with Crippen LogP contribution in [0.5, 0.6) is 11.8 Å². The van der Waals surface area contributed by atoms with Crippen LogP contribution in [0, 0.1) is 41.5 Å². The van der Waals surface area contributed by atoms with Crippen molar-refractivity contribution in [2.45, 2.75) is 41.5 Å². The predicted octanol–water partition coefficient (Wildman–Crippen LogP) is 11.1. The standard InChI is InChI=1S/C36H28Br4N4O2/c1-15-7-17(3)29(18(4)8-15)31-25-11-21(37)33(41-25)45-35-23(39)13-27(43-35)32(30-19(5)9-16(2)10-20(30)6)28-14-24(40)36(44-28)46-34-22(38)12-26(31)42-34/h7-14,41,44H,1-6H3. The molecule has 0 fully saturated rings. The quantitative estimate of drug-likeness (QED) is 0.211. The van der Waals surface area contributed by atoms with Crippen molar-refractivity contribution in [3.63, 3.8) is 0 Å². The van der Waals surface area contributed by atoms with Crippen LogP contribution in [0.25, 0.3) is 11.1 Å². The molecule has 232 valence electrons. The molecule has 6 nitrogen and oxygen atoms in total. The van der Waals surface area contributed by atoms with Gasteiger partial charge in [0.1, 0.15) is 0 Å². The Kier molecular flexibility index (Phi) is 8.07. The van der Waals surface area contributed by atoms with E-state index < -0.39 is 0 Å². The number of aryl methyl sites for hydroxylation is 6. The molecule has 0 saturated carbocycles. The summed E-state index contributed by atoms with van der Waals surface area (Å²) in [5.74, 6) is 1.95. The van der Waals surface area contributed by atoms with E-state index in [1.807, 2.05) is 24.3 Å². The van der Waals surface area contributed by atoms with E-state index in [4.69, 9.17) is 19.5 Å². The van der Waals surface area contributed by atoms with Gasteiger partial charge in [-0.2, -0.15) is 0 Å². The summed E-state index contributed by atoms with van der Waals surface area (Å²) >= 11 is 15.0. The number of allylic oxidation sites excluding steroid dienone is 2. The van der Waals surface area contributed by atoms with Crippen LogP contribution in [0.1, 0.15) is 55.9 Å². The molecule has 4 aromatic rings. The van der Waals surface area contributed by atoms with Gasteiger partial charge in [0.05, 0.1) is 40.7 Å². The molecule has 2 N–H and O–H groups in total. The SMILES string of the molecule is Cc1cc(C)c(C2=C3C=C(Br)C(=N3)Oc3[nH]c(cc3Br)C(c3c(C)cc(C)cc3C)=C3C=C(Br)C(=N3)Oc3[nH]c2cc3Br)c(C)c1. The molecule has 3 aliphatic heterocycles. The van der Waals surface area contributed by atoms with E-state index in [1.54, 1.807) is 0 Å². The molecule has 0 spiro atoms. The lowest BCUT2D eigenvalue weighted by Gasteiger charge is -2.16. The Hall–Kier alpha value is -3.18. The highest BCUT2D eigenvalue weighted by Crippen LogP contribution is 2.43. The molecule has 2 aromatic heterocycles. The third-order valence-electron chi connectivity index (χ3n) is 8.15. The summed E-state index contributed by atoms with van der Waals surface area (Å²) in [5, 5.41) is 0. The van der Waals surface area contributed by atoms with E-state index in [0.29, 0.717) is 23.6 Å². The number of aliphatic imine (C=N–C) groups is 2. The van der Waals surface area contributed by atoms with Gasteiger partial charge in [-0.3, -0.25) is 0 Å². The van der Waals surface area contributed by atoms with Gasteiger partial charge in [-0.1, -0.05) is 35.4 Å². The molecule has 0 unspecified atom stereocenters. The Morgan fingerprint density at radius 1 is 0.522 bits per heavy atom. The Labute approximate surface area is 301 Å². The highest BCUT2D eigenvalue weighted by molar-refractivity contribution is 9.12. The summed E-state index contributed by atoms with van der Waals surface area (Å²) in [6.45, 7) is 12.7. The lowest BCUT2D eigenvalue weighted by molar-refractivity contribution is 0.532. The average Bonchev–Trinajstić information content (AvgIpc) is 3.71. The predicted molar refractivity (Wildman–Crippen MR) is 200 cm³/mol. The van der Waals surface area contributed by atoms with Gasteiger partial charge in [-0.15, -0.1) is 0 Å². The van der Waals surface area contributed by atoms with Gasteiger partial charge in [0.25, 0.3) is 0 Å². The first-order chi connectivity index (χ1) is 21.9. The fraction of sp³-hybridized carbons (Fsp3) is 0.167. The first-order valence-electron chi connectivity index (χ1n) is 14.6. The van der Waals surface area contributed by atoms with Crippen molar-refractivity contribution in [2.24, 2.45) is 9.98 Å². The van der Waals surface area contributed by atoms with Gasteiger partial charge in [0.2, 0.25) is 23.6 Å². The Bertz CT molecular complexity index is 2010. The molecule has 0 aliphatic carbocycles. The van der Waals surface area contributed by atoms with Crippen LogP contribution in [0.15, 0.2) is 87.8 Å². The molecule has 5 heterocycles. The van der Waals surface area contributed by atoms with Gasteiger partial charge >= 0.3 is 0 Å². The number of hydrogen-bond acceptors (Lipinski definition) is 4. The molecule has 8 bridgehead atoms. The number of fused-ring (bicyclic) bond motifs is 6. The zero-order valence-electron chi connectivity index (χ0n) is 25.8. The number of hydrogen-bond donors (Lipinski definition) is 2. The molecule has 0 radical (unpaired) electrons. The molecule has 2 aromatic carbocycles. The number of halogens is 4. The van der Waals surface area contributed by atoms with Crippen molar-refractivity contribution in [3.8, 4) is 11.8 Å². The molecular formula is C36H28Br4N4O2. The molecule has 46 heavy (non-hydrogen) atoms. The van der Waals surface area contributed by atoms with Crippen LogP contribution in [0.2, 0.25) is 0 Å². The Balaban J connectivity index is 1.51. The third kappa shape index (κ3) is 5.47. The highest BCUT2D eigenvalue weighted by Gasteiger charge is 2.29. The number of aromatic nitrogens is 2. The van der Waals surface area contributed by atoms with Crippen LogP contribution in [-0.4, -0.2) is 21.8 Å². The van der Waals surface area contributed by atoms with Crippen LogP contribution in [-0.2, 0) is 0 Å². The number of benzene rings is 2. The Morgan fingerprint density at radius 3 is 1.22 bits per heavy atom. The van der Waals surface area contributed by atoms with E-state index >= 15 is 0 Å². The average molecular weight is 868 g/mol. The van der Waals surface area contributed by atoms with Crippen molar-refractivity contribution >= 4 is 86.7 Å². The summed E-state index contributed by atoms with van der Waals surface area (Å²) < 4.78 is 16.0. The van der Waals surface area contributed by atoms with Crippen molar-refractivity contribution in [3.05, 3.63) is 134 Å². The first-order valence-corrected chi connectivity index (χ1v) is 17.8. The van der Waals surface area contributed by atoms with Crippen molar-refractivity contribution < 1.29 is 9.47 Å². The summed E-state index contributed by atoms with van der Waals surface area (Å²) in [4.78, 5) is 17.1. The van der Waals surface area contributed by atoms with Crippen LogP contribution < -0.4 is 9.47 Å². The maximum absolute atomic E-state index is 6.49. The van der Waals surface area contributed by atoms with Crippen LogP contribution in [0.4, 0.5) is 0 Å². The summed E-state index contributed by atoms with van der Waals surface area (Å²) in [5.41, 5.74) is 14.2. The van der Waals surface area contributed by atoms with E-state index in [9.17, 15) is 0 Å². The topological polar surface area (TPSA) is 74.8 Å². The van der Waals surface area contributed by atoms with Gasteiger partial charge < -0.3 is 19.4 Å². The molecule has 3 aliphatic rings. The number of H-pyrrole nitrogens is 2. The first kappa shape index (κ1) is 31.4. The highest BCUT2D eigenvalue weighted by atomic mass is 79.9. The van der Waals surface area contributed by atoms with E-state index in [2.05, 4.69) is 139 Å². The zero-order chi connectivity index (χ0) is 32.6. The lowest BCUT2D eigenvalue weighted by atomic mass is 9.90. The fourth-order valence-corrected chi connectivity index (χ4v) is 8.13. The number of ether oxygens (including phenoxy) is 2. The molecular weight excluding hydrogens is 840 g/mol. The van der Waals surface area contributed by atoms with Crippen LogP contribution in [0.3, 0.4) is 0 Å². The van der Waals surface area contributed by atoms with Gasteiger partial charge in [-0.25, -0.2) is 9.98 Å². The van der Waals surface area contributed by atoms with Gasteiger partial charge in [0.15, 0.2) is 0 Å². The minimum atomic E-state index is 0.443. The maximum atomic E-state index is 6.49. The molecule has 10 heteroatoms. The number of rotatable bonds is 2. The van der Waals surface area contributed by atoms with E-state index in [-0.39, 0.29) is 0 Å². The van der Waals surface area contributed by atoms with E-state index in [1.165, 1.54) is 11.1 Å². The summed E-state index contributed by atoms with van der Waals surface area (Å²) in [6, 6.07) is 12.8. The zero-order valence-corrected chi connectivity index (χ0v) is 32.2. The second-order valence-corrected chi connectivity index (χ2v) is 15.2. The number of nitrogens with one attached hydrogen (secondary N) is 2. The minimum Gasteiger partial charge on any atom is -0.420 e. The lowest BCUT2D eigenvalue weighted by Crippen LogP contribution is -2.07. The monoisotopic (exact) mass is 864 g/mol. The van der Waals surface area contributed by atoms with Gasteiger partial charge in [0, 0.05) is 11.1 Å². The maximum Gasteiger partial charge on any atom is 0.236 e. The smallest absolute Gasteiger partial charge is 0.236 e. The molecule has 7 rings (SSSR count). The van der Waals surface area contributed by atoms with Crippen molar-refractivity contribution in [2.75, 3.05) is 0 Å². The number of aromatic amines is 2. The van der Waals surface area contributed by atoms with Gasteiger partial charge in [-0.05, 0) is 163 Å². The summed E-state index contributed by atoms with van der Waals surface area (Å²) in [7, 11) is 0. The largest absolute Gasteiger partial charge is 0.420 e. The van der Waals surface area contributed by atoms with Crippen molar-refractivity contribution in [1.82, 2.24) is 9.97 Å². The third-order valence-corrected chi connectivity index (χ3v) is 10.5. The Morgan fingerprint density at radius 2 is 0.870 bits per heavy atom. The molecule has 0 atom stereocenters. The second kappa shape index (κ2) is 11.8.